The second-order valence-corrected chi connectivity index (χ2v) is 7.76. The summed E-state index contributed by atoms with van der Waals surface area (Å²) in [5.41, 5.74) is 0.397. The molecule has 3 N–H and O–H groups in total. The molecule has 0 aliphatic carbocycles. The van der Waals surface area contributed by atoms with Crippen molar-refractivity contribution in [3.63, 3.8) is 0 Å². The van der Waals surface area contributed by atoms with E-state index in [2.05, 4.69) is 10.6 Å². The summed E-state index contributed by atoms with van der Waals surface area (Å²) in [6.45, 7) is 4.35. The minimum Gasteiger partial charge on any atom is -0.457 e. The number of nitrogens with one attached hydrogen (secondary N) is 2. The number of benzene rings is 2. The van der Waals surface area contributed by atoms with Gasteiger partial charge in [0.15, 0.2) is 6.29 Å². The summed E-state index contributed by atoms with van der Waals surface area (Å²) in [4.78, 5) is 25.6. The van der Waals surface area contributed by atoms with Gasteiger partial charge in [0, 0.05) is 5.56 Å². The summed E-state index contributed by atoms with van der Waals surface area (Å²) >= 11 is 0. The summed E-state index contributed by atoms with van der Waals surface area (Å²) < 4.78 is 10.9. The number of para-hydroxylation sites is 1. The third-order valence-corrected chi connectivity index (χ3v) is 4.79. The number of amides is 2. The Morgan fingerprint density at radius 2 is 1.87 bits per heavy atom. The van der Waals surface area contributed by atoms with Gasteiger partial charge in [-0.2, -0.15) is 0 Å². The van der Waals surface area contributed by atoms with Crippen molar-refractivity contribution in [2.45, 2.75) is 45.1 Å². The average Bonchev–Trinajstić information content (AvgIpc) is 3.12. The SMILES string of the molecule is CC(C)CC(NC(=O)c1cccc(Oc2ccccc2)c1)C(=O)N[C@H]1CCO[C@@H]1O. The van der Waals surface area contributed by atoms with E-state index >= 15 is 0 Å². The monoisotopic (exact) mass is 412 g/mol. The Kier molecular flexibility index (Phi) is 7.43. The van der Waals surface area contributed by atoms with E-state index in [1.165, 1.54) is 0 Å². The highest BCUT2D eigenvalue weighted by molar-refractivity contribution is 5.97. The van der Waals surface area contributed by atoms with Crippen LogP contribution in [0.3, 0.4) is 0 Å². The lowest BCUT2D eigenvalue weighted by Crippen LogP contribution is -2.51. The van der Waals surface area contributed by atoms with Crippen LogP contribution >= 0.6 is 0 Å². The first-order chi connectivity index (χ1) is 14.4. The number of carbonyl (C=O) groups excluding carboxylic acids is 2. The fourth-order valence-corrected chi connectivity index (χ4v) is 3.27. The highest BCUT2D eigenvalue weighted by Gasteiger charge is 2.31. The Bertz CT molecular complexity index is 856. The predicted octanol–water partition coefficient (Wildman–Crippen LogP) is 2.85. The van der Waals surface area contributed by atoms with Gasteiger partial charge in [0.2, 0.25) is 5.91 Å². The molecule has 1 aliphatic rings. The molecule has 0 bridgehead atoms. The van der Waals surface area contributed by atoms with E-state index in [4.69, 9.17) is 9.47 Å². The summed E-state index contributed by atoms with van der Waals surface area (Å²) in [6.07, 6.45) is -0.00794. The van der Waals surface area contributed by atoms with Crippen molar-refractivity contribution >= 4 is 11.8 Å². The maximum Gasteiger partial charge on any atom is 0.252 e. The molecule has 0 radical (unpaired) electrons. The van der Waals surface area contributed by atoms with E-state index in [0.29, 0.717) is 36.5 Å². The van der Waals surface area contributed by atoms with Crippen LogP contribution in [-0.4, -0.2) is 41.9 Å². The van der Waals surface area contributed by atoms with Crippen LogP contribution in [0.1, 0.15) is 37.0 Å². The zero-order valence-electron chi connectivity index (χ0n) is 17.2. The number of aliphatic hydroxyl groups excluding tert-OH is 1. The number of ether oxygens (including phenoxy) is 2. The van der Waals surface area contributed by atoms with E-state index in [0.717, 1.165) is 0 Å². The van der Waals surface area contributed by atoms with Crippen molar-refractivity contribution in [2.75, 3.05) is 6.61 Å². The minimum atomic E-state index is -1.02. The van der Waals surface area contributed by atoms with Crippen molar-refractivity contribution in [1.82, 2.24) is 10.6 Å². The summed E-state index contributed by atoms with van der Waals surface area (Å²) in [6, 6.07) is 14.9. The molecule has 2 amide bonds. The van der Waals surface area contributed by atoms with Gasteiger partial charge in [0.1, 0.15) is 17.5 Å². The van der Waals surface area contributed by atoms with Gasteiger partial charge in [-0.25, -0.2) is 0 Å². The van der Waals surface area contributed by atoms with Crippen molar-refractivity contribution < 1.29 is 24.2 Å². The van der Waals surface area contributed by atoms with Crippen molar-refractivity contribution in [3.05, 3.63) is 60.2 Å². The van der Waals surface area contributed by atoms with Gasteiger partial charge in [0.05, 0.1) is 12.6 Å². The number of hydrogen-bond acceptors (Lipinski definition) is 5. The molecule has 2 aromatic rings. The molecule has 1 aliphatic heterocycles. The van der Waals surface area contributed by atoms with Crippen molar-refractivity contribution in [2.24, 2.45) is 5.92 Å². The Morgan fingerprint density at radius 1 is 1.13 bits per heavy atom. The molecule has 1 heterocycles. The van der Waals surface area contributed by atoms with Crippen LogP contribution in [0.15, 0.2) is 54.6 Å². The van der Waals surface area contributed by atoms with Crippen molar-refractivity contribution in [1.29, 1.82) is 0 Å². The van der Waals surface area contributed by atoms with E-state index < -0.39 is 18.4 Å². The van der Waals surface area contributed by atoms with Gasteiger partial charge in [-0.3, -0.25) is 9.59 Å². The zero-order chi connectivity index (χ0) is 21.5. The molecule has 1 fully saturated rings. The molecule has 3 rings (SSSR count). The summed E-state index contributed by atoms with van der Waals surface area (Å²) in [5.74, 6) is 0.703. The van der Waals surface area contributed by atoms with E-state index in [9.17, 15) is 14.7 Å². The Hall–Kier alpha value is -2.90. The Balaban J connectivity index is 1.67. The smallest absolute Gasteiger partial charge is 0.252 e. The molecule has 2 aromatic carbocycles. The Morgan fingerprint density at radius 3 is 2.53 bits per heavy atom. The summed E-state index contributed by atoms with van der Waals surface area (Å²) in [5, 5.41) is 15.4. The molecule has 0 saturated carbocycles. The van der Waals surface area contributed by atoms with Gasteiger partial charge in [0.25, 0.3) is 5.91 Å². The first-order valence-corrected chi connectivity index (χ1v) is 10.2. The number of hydrogen-bond donors (Lipinski definition) is 3. The first-order valence-electron chi connectivity index (χ1n) is 10.2. The van der Waals surface area contributed by atoms with Crippen LogP contribution in [0.4, 0.5) is 0 Å². The van der Waals surface area contributed by atoms with Gasteiger partial charge < -0.3 is 25.2 Å². The van der Waals surface area contributed by atoms with Gasteiger partial charge in [-0.1, -0.05) is 38.1 Å². The normalized spacial score (nSPS) is 19.3. The average molecular weight is 412 g/mol. The molecule has 0 aromatic heterocycles. The fraction of sp³-hybridized carbons (Fsp3) is 0.391. The quantitative estimate of drug-likeness (QED) is 0.620. The molecule has 3 atom stereocenters. The lowest BCUT2D eigenvalue weighted by Gasteiger charge is -2.23. The summed E-state index contributed by atoms with van der Waals surface area (Å²) in [7, 11) is 0. The number of rotatable bonds is 8. The van der Waals surface area contributed by atoms with Crippen molar-refractivity contribution in [3.8, 4) is 11.5 Å². The molecule has 7 nitrogen and oxygen atoms in total. The van der Waals surface area contributed by atoms with Crippen LogP contribution in [0.2, 0.25) is 0 Å². The molecular formula is C23H28N2O5. The number of aliphatic hydroxyl groups is 1. The molecular weight excluding hydrogens is 384 g/mol. The van der Waals surface area contributed by atoms with Crippen LogP contribution < -0.4 is 15.4 Å². The van der Waals surface area contributed by atoms with Crippen LogP contribution in [-0.2, 0) is 9.53 Å². The van der Waals surface area contributed by atoms with Crippen LogP contribution in [0, 0.1) is 5.92 Å². The molecule has 7 heteroatoms. The van der Waals surface area contributed by atoms with E-state index in [1.54, 1.807) is 24.3 Å². The van der Waals surface area contributed by atoms with Gasteiger partial charge >= 0.3 is 0 Å². The standard InChI is InChI=1S/C23H28N2O5/c1-15(2)13-20(22(27)24-19-11-12-29-23(19)28)25-21(26)16-7-6-10-18(14-16)30-17-8-4-3-5-9-17/h3-10,14-15,19-20,23,28H,11-13H2,1-2H3,(H,24,27)(H,25,26)/t19-,20?,23-/m0/s1. The van der Waals surface area contributed by atoms with Crippen LogP contribution in [0.25, 0.3) is 0 Å². The predicted molar refractivity (Wildman–Crippen MR) is 112 cm³/mol. The first kappa shape index (κ1) is 21.8. The second-order valence-electron chi connectivity index (χ2n) is 7.76. The highest BCUT2D eigenvalue weighted by atomic mass is 16.6. The highest BCUT2D eigenvalue weighted by Crippen LogP contribution is 2.22. The molecule has 0 spiro atoms. The van der Waals surface area contributed by atoms with E-state index in [1.807, 2.05) is 44.2 Å². The maximum absolute atomic E-state index is 12.8. The number of carbonyl (C=O) groups is 2. The fourth-order valence-electron chi connectivity index (χ4n) is 3.27. The molecule has 30 heavy (non-hydrogen) atoms. The lowest BCUT2D eigenvalue weighted by atomic mass is 10.0. The van der Waals surface area contributed by atoms with Gasteiger partial charge in [-0.15, -0.1) is 0 Å². The molecule has 1 saturated heterocycles. The molecule has 160 valence electrons. The Labute approximate surface area is 176 Å². The lowest BCUT2D eigenvalue weighted by molar-refractivity contribution is -0.127. The third-order valence-electron chi connectivity index (χ3n) is 4.79. The topological polar surface area (TPSA) is 96.9 Å². The third kappa shape index (κ3) is 6.05. The largest absolute Gasteiger partial charge is 0.457 e. The van der Waals surface area contributed by atoms with E-state index in [-0.39, 0.29) is 17.7 Å². The second kappa shape index (κ2) is 10.2. The zero-order valence-corrected chi connectivity index (χ0v) is 17.2. The van der Waals surface area contributed by atoms with Crippen LogP contribution in [0.5, 0.6) is 11.5 Å². The van der Waals surface area contributed by atoms with Gasteiger partial charge in [-0.05, 0) is 49.1 Å². The maximum atomic E-state index is 12.8. The minimum absolute atomic E-state index is 0.193. The molecule has 1 unspecified atom stereocenters.